The van der Waals surface area contributed by atoms with Gasteiger partial charge >= 0.3 is 0 Å². The van der Waals surface area contributed by atoms with E-state index in [1.54, 1.807) is 30.3 Å². The van der Waals surface area contributed by atoms with E-state index in [-0.39, 0.29) is 18.6 Å². The largest absolute Gasteiger partial charge is 0.373 e. The summed E-state index contributed by atoms with van der Waals surface area (Å²) in [5, 5.41) is 3.65. The van der Waals surface area contributed by atoms with E-state index in [2.05, 4.69) is 5.32 Å². The molecule has 3 atom stereocenters. The van der Waals surface area contributed by atoms with Crippen molar-refractivity contribution in [2.45, 2.75) is 10.9 Å². The van der Waals surface area contributed by atoms with Crippen molar-refractivity contribution in [2.24, 2.45) is 11.7 Å². The van der Waals surface area contributed by atoms with E-state index in [1.165, 1.54) is 0 Å². The monoisotopic (exact) mass is 350 g/mol. The van der Waals surface area contributed by atoms with Crippen LogP contribution in [0.2, 0.25) is 0 Å². The lowest BCUT2D eigenvalue weighted by Crippen LogP contribution is -2.31. The predicted octanol–water partition coefficient (Wildman–Crippen LogP) is 1.75. The SMILES string of the molecule is NC(=O)C1=C(COS(=O)c2ccccc2)C2C=C(Cl)C=CC2N1. The van der Waals surface area contributed by atoms with Crippen molar-refractivity contribution < 1.29 is 13.2 Å². The molecular formula is C16H15ClN2O3S. The van der Waals surface area contributed by atoms with Crippen LogP contribution in [-0.2, 0) is 20.1 Å². The molecule has 1 aliphatic carbocycles. The summed E-state index contributed by atoms with van der Waals surface area (Å²) in [6, 6.07) is 8.74. The molecule has 0 aromatic heterocycles. The molecule has 1 heterocycles. The van der Waals surface area contributed by atoms with Crippen molar-refractivity contribution in [1.29, 1.82) is 0 Å². The Balaban J connectivity index is 1.79. The number of carbonyl (C=O) groups excluding carboxylic acids is 1. The topological polar surface area (TPSA) is 81.4 Å². The first kappa shape index (κ1) is 16.0. The number of nitrogens with two attached hydrogens (primary N) is 1. The minimum atomic E-state index is -1.61. The Kier molecular flexibility index (Phi) is 4.66. The summed E-state index contributed by atoms with van der Waals surface area (Å²) in [5.74, 6) is -0.704. The average Bonchev–Trinajstić information content (AvgIpc) is 2.91. The quantitative estimate of drug-likeness (QED) is 0.847. The zero-order valence-corrected chi connectivity index (χ0v) is 13.6. The highest BCUT2D eigenvalue weighted by molar-refractivity contribution is 7.80. The summed E-state index contributed by atoms with van der Waals surface area (Å²) >= 11 is 4.43. The van der Waals surface area contributed by atoms with Crippen molar-refractivity contribution in [1.82, 2.24) is 5.32 Å². The highest BCUT2D eigenvalue weighted by Crippen LogP contribution is 2.33. The number of primary amides is 1. The van der Waals surface area contributed by atoms with Gasteiger partial charge in [0.1, 0.15) is 5.70 Å². The van der Waals surface area contributed by atoms with Gasteiger partial charge in [-0.05, 0) is 23.8 Å². The van der Waals surface area contributed by atoms with Crippen molar-refractivity contribution in [3.63, 3.8) is 0 Å². The predicted molar refractivity (Wildman–Crippen MR) is 88.5 cm³/mol. The maximum absolute atomic E-state index is 12.2. The van der Waals surface area contributed by atoms with Gasteiger partial charge in [0.25, 0.3) is 5.91 Å². The van der Waals surface area contributed by atoms with Crippen molar-refractivity contribution in [3.05, 3.63) is 64.9 Å². The van der Waals surface area contributed by atoms with E-state index in [1.807, 2.05) is 18.2 Å². The Labute approximate surface area is 141 Å². The Bertz CT molecular complexity index is 743. The van der Waals surface area contributed by atoms with Crippen LogP contribution in [0.3, 0.4) is 0 Å². The maximum atomic E-state index is 12.2. The third-order valence-corrected chi connectivity index (χ3v) is 4.97. The van der Waals surface area contributed by atoms with Gasteiger partial charge in [0, 0.05) is 11.0 Å². The molecule has 0 fully saturated rings. The molecule has 1 aliphatic heterocycles. The van der Waals surface area contributed by atoms with Gasteiger partial charge in [-0.2, -0.15) is 0 Å². The Morgan fingerprint density at radius 1 is 1.35 bits per heavy atom. The number of carbonyl (C=O) groups is 1. The van der Waals surface area contributed by atoms with Crippen LogP contribution in [-0.4, -0.2) is 22.8 Å². The maximum Gasteiger partial charge on any atom is 0.264 e. The zero-order valence-electron chi connectivity index (χ0n) is 12.1. The van der Waals surface area contributed by atoms with Crippen LogP contribution in [0.5, 0.6) is 0 Å². The number of benzene rings is 1. The van der Waals surface area contributed by atoms with E-state index in [4.69, 9.17) is 21.5 Å². The Morgan fingerprint density at radius 3 is 2.78 bits per heavy atom. The van der Waals surface area contributed by atoms with Crippen molar-refractivity contribution in [3.8, 4) is 0 Å². The highest BCUT2D eigenvalue weighted by atomic mass is 35.5. The molecule has 0 spiro atoms. The smallest absolute Gasteiger partial charge is 0.264 e. The summed E-state index contributed by atoms with van der Waals surface area (Å²) in [6.45, 7) is 0.0302. The minimum Gasteiger partial charge on any atom is -0.373 e. The highest BCUT2D eigenvalue weighted by Gasteiger charge is 2.35. The van der Waals surface area contributed by atoms with Crippen LogP contribution in [0.25, 0.3) is 0 Å². The second kappa shape index (κ2) is 6.70. The third-order valence-electron chi connectivity index (χ3n) is 3.73. The lowest BCUT2D eigenvalue weighted by molar-refractivity contribution is -0.114. The molecule has 3 rings (SSSR count). The fraction of sp³-hybridized carbons (Fsp3) is 0.188. The molecule has 5 nitrogen and oxygen atoms in total. The number of nitrogens with one attached hydrogen (secondary N) is 1. The van der Waals surface area contributed by atoms with Crippen LogP contribution in [0, 0.1) is 5.92 Å². The van der Waals surface area contributed by atoms with Gasteiger partial charge < -0.3 is 11.1 Å². The van der Waals surface area contributed by atoms with E-state index in [9.17, 15) is 9.00 Å². The van der Waals surface area contributed by atoms with E-state index in [0.29, 0.717) is 21.2 Å². The second-order valence-electron chi connectivity index (χ2n) is 5.18. The molecule has 1 aromatic rings. The fourth-order valence-corrected chi connectivity index (χ4v) is 3.60. The van der Waals surface area contributed by atoms with Gasteiger partial charge in [-0.15, -0.1) is 0 Å². The third kappa shape index (κ3) is 3.39. The molecule has 1 amide bonds. The summed E-state index contributed by atoms with van der Waals surface area (Å²) in [7, 11) is 0. The molecule has 23 heavy (non-hydrogen) atoms. The van der Waals surface area contributed by atoms with E-state index < -0.39 is 17.0 Å². The molecule has 0 bridgehead atoms. The van der Waals surface area contributed by atoms with Gasteiger partial charge in [-0.3, -0.25) is 8.98 Å². The number of amides is 1. The van der Waals surface area contributed by atoms with Gasteiger partial charge in [0.15, 0.2) is 11.1 Å². The van der Waals surface area contributed by atoms with Crippen LogP contribution in [0.1, 0.15) is 0 Å². The lowest BCUT2D eigenvalue weighted by atomic mass is 9.91. The van der Waals surface area contributed by atoms with E-state index in [0.717, 1.165) is 0 Å². The summed E-state index contributed by atoms with van der Waals surface area (Å²) in [5.41, 5.74) is 6.39. The normalized spacial score (nSPS) is 24.0. The number of fused-ring (bicyclic) bond motifs is 1. The van der Waals surface area contributed by atoms with Crippen LogP contribution < -0.4 is 11.1 Å². The molecule has 120 valence electrons. The van der Waals surface area contributed by atoms with Crippen LogP contribution >= 0.6 is 11.6 Å². The number of hydrogen-bond donors (Lipinski definition) is 2. The molecular weight excluding hydrogens is 336 g/mol. The number of halogens is 1. The number of allylic oxidation sites excluding steroid dienone is 2. The molecule has 0 saturated carbocycles. The van der Waals surface area contributed by atoms with Gasteiger partial charge in [-0.25, -0.2) is 4.21 Å². The summed E-state index contributed by atoms with van der Waals surface area (Å²) in [6.07, 6.45) is 5.47. The molecule has 7 heteroatoms. The minimum absolute atomic E-state index is 0.0302. The number of rotatable bonds is 5. The first-order valence-corrected chi connectivity index (χ1v) is 8.46. The van der Waals surface area contributed by atoms with E-state index >= 15 is 0 Å². The second-order valence-corrected chi connectivity index (χ2v) is 6.79. The van der Waals surface area contributed by atoms with Gasteiger partial charge in [0.05, 0.1) is 17.5 Å². The van der Waals surface area contributed by atoms with Crippen molar-refractivity contribution in [2.75, 3.05) is 6.61 Å². The molecule has 0 radical (unpaired) electrons. The zero-order chi connectivity index (χ0) is 16.4. The first-order chi connectivity index (χ1) is 11.1. The first-order valence-electron chi connectivity index (χ1n) is 7.01. The average molecular weight is 351 g/mol. The van der Waals surface area contributed by atoms with Crippen molar-refractivity contribution >= 4 is 28.6 Å². The molecule has 2 aliphatic rings. The molecule has 0 saturated heterocycles. The Hall–Kier alpha value is -1.89. The molecule has 3 N–H and O–H groups in total. The van der Waals surface area contributed by atoms with Crippen LogP contribution in [0.15, 0.2) is 69.8 Å². The lowest BCUT2D eigenvalue weighted by Gasteiger charge is -2.19. The number of hydrogen-bond acceptors (Lipinski definition) is 4. The molecule has 1 aromatic carbocycles. The van der Waals surface area contributed by atoms with Crippen LogP contribution in [0.4, 0.5) is 0 Å². The Morgan fingerprint density at radius 2 is 2.09 bits per heavy atom. The standard InChI is InChI=1S/C16H15ClN2O3S/c17-10-6-7-14-12(8-10)13(15(19-14)16(18)20)9-22-23(21)11-4-2-1-3-5-11/h1-8,12,14,19H,9H2,(H2,18,20). The summed E-state index contributed by atoms with van der Waals surface area (Å²) < 4.78 is 17.6. The van der Waals surface area contributed by atoms with Gasteiger partial charge in [0.2, 0.25) is 0 Å². The summed E-state index contributed by atoms with van der Waals surface area (Å²) in [4.78, 5) is 12.2. The van der Waals surface area contributed by atoms with Gasteiger partial charge in [-0.1, -0.05) is 42.0 Å². The molecule has 3 unspecified atom stereocenters. The fourth-order valence-electron chi connectivity index (χ4n) is 2.64.